The number of carbonyl (C=O) groups is 1. The Morgan fingerprint density at radius 3 is 2.33 bits per heavy atom. The highest BCUT2D eigenvalue weighted by molar-refractivity contribution is 7.92. The van der Waals surface area contributed by atoms with Crippen molar-refractivity contribution >= 4 is 27.4 Å². The molecule has 24 heavy (non-hydrogen) atoms. The van der Waals surface area contributed by atoms with Gasteiger partial charge in [0.15, 0.2) is 0 Å². The first kappa shape index (κ1) is 17.3. The van der Waals surface area contributed by atoms with Crippen LogP contribution in [-0.4, -0.2) is 24.4 Å². The topological polar surface area (TPSA) is 127 Å². The lowest BCUT2D eigenvalue weighted by Gasteiger charge is -2.10. The number of rotatable bonds is 5. The van der Waals surface area contributed by atoms with Crippen LogP contribution in [0.4, 0.5) is 15.8 Å². The van der Waals surface area contributed by atoms with E-state index >= 15 is 0 Å². The van der Waals surface area contributed by atoms with Gasteiger partial charge in [0, 0.05) is 17.8 Å². The van der Waals surface area contributed by atoms with Crippen LogP contribution in [0.2, 0.25) is 0 Å². The minimum atomic E-state index is -4.43. The van der Waals surface area contributed by atoms with Crippen LogP contribution in [0.15, 0.2) is 41.3 Å². The molecule has 0 heterocycles. The Hall–Kier alpha value is -3.01. The summed E-state index contributed by atoms with van der Waals surface area (Å²) in [5, 5.41) is 19.6. The van der Waals surface area contributed by atoms with E-state index in [0.717, 1.165) is 18.2 Å². The fraction of sp³-hybridized carbons (Fsp3) is 0.0714. The second-order valence-corrected chi connectivity index (χ2v) is 6.47. The second kappa shape index (κ2) is 6.24. The van der Waals surface area contributed by atoms with Gasteiger partial charge in [0.2, 0.25) is 0 Å². The van der Waals surface area contributed by atoms with Gasteiger partial charge in [-0.1, -0.05) is 0 Å². The zero-order valence-corrected chi connectivity index (χ0v) is 13.0. The van der Waals surface area contributed by atoms with E-state index in [0.29, 0.717) is 6.07 Å². The molecule has 2 aromatic rings. The second-order valence-electron chi connectivity index (χ2n) is 4.82. The van der Waals surface area contributed by atoms with E-state index in [2.05, 4.69) is 4.72 Å². The Morgan fingerprint density at radius 1 is 1.25 bits per heavy atom. The number of aryl methyl sites for hydroxylation is 1. The molecule has 0 aliphatic heterocycles. The van der Waals surface area contributed by atoms with Gasteiger partial charge in [0.1, 0.15) is 10.7 Å². The normalized spacial score (nSPS) is 11.1. The first-order valence-electron chi connectivity index (χ1n) is 6.42. The molecule has 0 amide bonds. The highest BCUT2D eigenvalue weighted by atomic mass is 32.2. The third kappa shape index (κ3) is 3.49. The predicted octanol–water partition coefficient (Wildman–Crippen LogP) is 2.54. The molecule has 0 aromatic heterocycles. The van der Waals surface area contributed by atoms with E-state index in [1.165, 1.54) is 19.1 Å². The quantitative estimate of drug-likeness (QED) is 0.627. The maximum atomic E-state index is 14.1. The van der Waals surface area contributed by atoms with Gasteiger partial charge < -0.3 is 5.11 Å². The Morgan fingerprint density at radius 2 is 1.83 bits per heavy atom. The summed E-state index contributed by atoms with van der Waals surface area (Å²) in [6.07, 6.45) is 0. The summed E-state index contributed by atoms with van der Waals surface area (Å²) >= 11 is 0. The first-order chi connectivity index (χ1) is 11.1. The molecule has 126 valence electrons. The number of non-ortho nitro benzene ring substituents is 1. The molecule has 0 saturated carbocycles. The average molecular weight is 354 g/mol. The van der Waals surface area contributed by atoms with Crippen LogP contribution >= 0.6 is 0 Å². The van der Waals surface area contributed by atoms with E-state index in [4.69, 9.17) is 5.11 Å². The molecular formula is C14H11FN2O6S. The van der Waals surface area contributed by atoms with Gasteiger partial charge in [0.05, 0.1) is 10.5 Å². The number of benzene rings is 2. The number of nitrogens with one attached hydrogen (secondary N) is 1. The number of aromatic carboxylic acids is 1. The number of hydrogen-bond acceptors (Lipinski definition) is 5. The first-order valence-corrected chi connectivity index (χ1v) is 7.91. The lowest BCUT2D eigenvalue weighted by atomic mass is 10.2. The molecule has 0 spiro atoms. The molecule has 2 aromatic carbocycles. The van der Waals surface area contributed by atoms with Crippen LogP contribution < -0.4 is 4.72 Å². The van der Waals surface area contributed by atoms with E-state index in [1.807, 2.05) is 0 Å². The zero-order chi connectivity index (χ0) is 18.1. The molecule has 10 heteroatoms. The maximum Gasteiger partial charge on any atom is 0.335 e. The number of carboxylic acids is 1. The van der Waals surface area contributed by atoms with Crippen LogP contribution in [0, 0.1) is 22.9 Å². The van der Waals surface area contributed by atoms with Crippen molar-refractivity contribution in [3.63, 3.8) is 0 Å². The number of anilines is 1. The highest BCUT2D eigenvalue weighted by Gasteiger charge is 2.25. The van der Waals surface area contributed by atoms with Crippen LogP contribution in [0.25, 0.3) is 0 Å². The van der Waals surface area contributed by atoms with Gasteiger partial charge in [-0.3, -0.25) is 14.8 Å². The standard InChI is InChI=1S/C14H11FN2O6S/c1-8-6-11(17(20)21)7-12(13(8)15)24(22,23)16-10-4-2-9(3-5-10)14(18)19/h2-7,16H,1H3,(H,18,19). The minimum Gasteiger partial charge on any atom is -0.478 e. The Labute approximate surface area is 135 Å². The van der Waals surface area contributed by atoms with Gasteiger partial charge in [-0.25, -0.2) is 17.6 Å². The molecule has 2 N–H and O–H groups in total. The highest BCUT2D eigenvalue weighted by Crippen LogP contribution is 2.26. The zero-order valence-electron chi connectivity index (χ0n) is 12.2. The van der Waals surface area contributed by atoms with Crippen LogP contribution in [-0.2, 0) is 10.0 Å². The third-order valence-electron chi connectivity index (χ3n) is 3.09. The molecule has 0 radical (unpaired) electrons. The number of carboxylic acid groups (broad SMARTS) is 1. The van der Waals surface area contributed by atoms with Crippen LogP contribution in [0.3, 0.4) is 0 Å². The van der Waals surface area contributed by atoms with Crippen LogP contribution in [0.1, 0.15) is 15.9 Å². The largest absolute Gasteiger partial charge is 0.478 e. The molecule has 0 atom stereocenters. The molecule has 2 rings (SSSR count). The van der Waals surface area contributed by atoms with E-state index in [9.17, 15) is 27.7 Å². The number of nitro groups is 1. The van der Waals surface area contributed by atoms with E-state index in [1.54, 1.807) is 0 Å². The number of nitro benzene ring substituents is 1. The van der Waals surface area contributed by atoms with Crippen molar-refractivity contribution in [1.29, 1.82) is 0 Å². The third-order valence-corrected chi connectivity index (χ3v) is 4.47. The van der Waals surface area contributed by atoms with Gasteiger partial charge in [-0.05, 0) is 36.8 Å². The SMILES string of the molecule is Cc1cc([N+](=O)[O-])cc(S(=O)(=O)Nc2ccc(C(=O)O)cc2)c1F. The molecule has 0 aliphatic rings. The van der Waals surface area contributed by atoms with Gasteiger partial charge in [0.25, 0.3) is 15.7 Å². The van der Waals surface area contributed by atoms with Crippen molar-refractivity contribution < 1.29 is 27.6 Å². The van der Waals surface area contributed by atoms with Crippen molar-refractivity contribution in [1.82, 2.24) is 0 Å². The summed E-state index contributed by atoms with van der Waals surface area (Å²) in [6, 6.07) is 6.24. The summed E-state index contributed by atoms with van der Waals surface area (Å²) in [5.74, 6) is -2.29. The van der Waals surface area contributed by atoms with Gasteiger partial charge >= 0.3 is 5.97 Å². The maximum absolute atomic E-state index is 14.1. The summed E-state index contributed by atoms with van der Waals surface area (Å²) in [4.78, 5) is 19.9. The summed E-state index contributed by atoms with van der Waals surface area (Å²) < 4.78 is 40.7. The van der Waals surface area contributed by atoms with Crippen molar-refractivity contribution in [2.24, 2.45) is 0 Å². The van der Waals surface area contributed by atoms with Crippen molar-refractivity contribution in [2.45, 2.75) is 11.8 Å². The number of halogens is 1. The molecule has 8 nitrogen and oxygen atoms in total. The molecule has 0 aliphatic carbocycles. The van der Waals surface area contributed by atoms with Crippen LogP contribution in [0.5, 0.6) is 0 Å². The number of nitrogens with zero attached hydrogens (tertiary/aromatic N) is 1. The monoisotopic (exact) mass is 354 g/mol. The van der Waals surface area contributed by atoms with Crippen molar-refractivity contribution in [3.8, 4) is 0 Å². The summed E-state index contributed by atoms with van der Waals surface area (Å²) in [7, 11) is -4.43. The molecule has 0 saturated heterocycles. The van der Waals surface area contributed by atoms with Gasteiger partial charge in [-0.15, -0.1) is 0 Å². The fourth-order valence-electron chi connectivity index (χ4n) is 1.91. The van der Waals surface area contributed by atoms with Crippen molar-refractivity contribution in [2.75, 3.05) is 4.72 Å². The van der Waals surface area contributed by atoms with Gasteiger partial charge in [-0.2, -0.15) is 0 Å². The predicted molar refractivity (Wildman–Crippen MR) is 82.0 cm³/mol. The summed E-state index contributed by atoms with van der Waals surface area (Å²) in [6.45, 7) is 1.21. The lowest BCUT2D eigenvalue weighted by molar-refractivity contribution is -0.385. The van der Waals surface area contributed by atoms with Crippen molar-refractivity contribution in [3.05, 3.63) is 63.5 Å². The minimum absolute atomic E-state index is 0.0106. The lowest BCUT2D eigenvalue weighted by Crippen LogP contribution is -2.15. The Kier molecular flexibility index (Phi) is 4.51. The average Bonchev–Trinajstić information content (AvgIpc) is 2.49. The van der Waals surface area contributed by atoms with E-state index < -0.39 is 37.3 Å². The fourth-order valence-corrected chi connectivity index (χ4v) is 3.14. The summed E-state index contributed by atoms with van der Waals surface area (Å²) in [5.41, 5.74) is -0.819. The molecule has 0 fully saturated rings. The number of sulfonamides is 1. The number of hydrogen-bond donors (Lipinski definition) is 2. The molecular weight excluding hydrogens is 343 g/mol. The smallest absolute Gasteiger partial charge is 0.335 e. The Bertz CT molecular complexity index is 925. The Balaban J connectivity index is 2.43. The molecule has 0 bridgehead atoms. The van der Waals surface area contributed by atoms with E-state index in [-0.39, 0.29) is 16.8 Å². The molecule has 0 unspecified atom stereocenters.